The van der Waals surface area contributed by atoms with Crippen molar-refractivity contribution < 1.29 is 8.42 Å². The number of rotatable bonds is 6. The Morgan fingerprint density at radius 2 is 1.24 bits per heavy atom. The van der Waals surface area contributed by atoms with Crippen molar-refractivity contribution in [2.75, 3.05) is 10.0 Å². The van der Waals surface area contributed by atoms with E-state index in [0.717, 1.165) is 5.56 Å². The lowest BCUT2D eigenvalue weighted by Crippen LogP contribution is -2.17. The fourth-order valence-electron chi connectivity index (χ4n) is 2.99. The molecule has 0 aliphatic carbocycles. The molecule has 3 aromatic carbocycles. The van der Waals surface area contributed by atoms with Crippen LogP contribution >= 0.6 is 0 Å². The molecule has 7 heteroatoms. The molecule has 4 rings (SSSR count). The first-order valence-corrected chi connectivity index (χ1v) is 10.7. The highest BCUT2D eigenvalue weighted by Crippen LogP contribution is 2.27. The first-order chi connectivity index (χ1) is 14.0. The second-order valence-electron chi connectivity index (χ2n) is 6.60. The van der Waals surface area contributed by atoms with Crippen molar-refractivity contribution in [3.63, 3.8) is 0 Å². The SMILES string of the molecule is CC(Nc1nc2ccccc2nc1NS(=O)(=O)c1ccccc1)c1ccccc1. The lowest BCUT2D eigenvalue weighted by atomic mass is 10.1. The van der Waals surface area contributed by atoms with Crippen LogP contribution in [-0.2, 0) is 10.0 Å². The van der Waals surface area contributed by atoms with Crippen molar-refractivity contribution in [1.29, 1.82) is 0 Å². The maximum absolute atomic E-state index is 12.8. The van der Waals surface area contributed by atoms with Crippen LogP contribution < -0.4 is 10.0 Å². The van der Waals surface area contributed by atoms with Gasteiger partial charge in [-0.25, -0.2) is 18.4 Å². The zero-order valence-electron chi connectivity index (χ0n) is 15.8. The van der Waals surface area contributed by atoms with Crippen molar-refractivity contribution in [3.05, 3.63) is 90.5 Å². The zero-order chi connectivity index (χ0) is 20.3. The molecule has 0 aliphatic rings. The van der Waals surface area contributed by atoms with Gasteiger partial charge in [0.15, 0.2) is 11.6 Å². The first kappa shape index (κ1) is 18.9. The molecule has 0 spiro atoms. The number of para-hydroxylation sites is 2. The molecule has 0 bridgehead atoms. The lowest BCUT2D eigenvalue weighted by Gasteiger charge is -2.18. The molecular formula is C22H20N4O2S. The van der Waals surface area contributed by atoms with Crippen molar-refractivity contribution in [1.82, 2.24) is 9.97 Å². The third kappa shape index (κ3) is 4.20. The summed E-state index contributed by atoms with van der Waals surface area (Å²) in [5.41, 5.74) is 2.34. The monoisotopic (exact) mass is 404 g/mol. The molecule has 0 radical (unpaired) electrons. The second-order valence-corrected chi connectivity index (χ2v) is 8.29. The smallest absolute Gasteiger partial charge is 0.263 e. The zero-order valence-corrected chi connectivity index (χ0v) is 16.6. The average Bonchev–Trinajstić information content (AvgIpc) is 2.75. The number of hydrogen-bond acceptors (Lipinski definition) is 5. The summed E-state index contributed by atoms with van der Waals surface area (Å²) in [5.74, 6) is 0.537. The second kappa shape index (κ2) is 7.89. The molecule has 1 unspecified atom stereocenters. The van der Waals surface area contributed by atoms with Crippen LogP contribution in [0.5, 0.6) is 0 Å². The molecule has 1 atom stereocenters. The van der Waals surface area contributed by atoms with Crippen LogP contribution in [0.2, 0.25) is 0 Å². The van der Waals surface area contributed by atoms with Gasteiger partial charge in [0.05, 0.1) is 22.0 Å². The van der Waals surface area contributed by atoms with Crippen molar-refractivity contribution >= 4 is 32.7 Å². The van der Waals surface area contributed by atoms with E-state index >= 15 is 0 Å². The number of aromatic nitrogens is 2. The summed E-state index contributed by atoms with van der Waals surface area (Å²) in [6.07, 6.45) is 0. The Morgan fingerprint density at radius 3 is 1.86 bits per heavy atom. The average molecular weight is 404 g/mol. The quantitative estimate of drug-likeness (QED) is 0.490. The van der Waals surface area contributed by atoms with Gasteiger partial charge in [-0.05, 0) is 36.8 Å². The maximum atomic E-state index is 12.8. The summed E-state index contributed by atoms with van der Waals surface area (Å²) in [7, 11) is -3.80. The highest BCUT2D eigenvalue weighted by atomic mass is 32.2. The van der Waals surface area contributed by atoms with Crippen molar-refractivity contribution in [2.24, 2.45) is 0 Å². The van der Waals surface area contributed by atoms with Crippen LogP contribution in [0.15, 0.2) is 89.8 Å². The Morgan fingerprint density at radius 1 is 0.724 bits per heavy atom. The highest BCUT2D eigenvalue weighted by Gasteiger charge is 2.19. The summed E-state index contributed by atoms with van der Waals surface area (Å²) in [6.45, 7) is 1.99. The summed E-state index contributed by atoms with van der Waals surface area (Å²) in [5, 5.41) is 3.29. The van der Waals surface area contributed by atoms with Gasteiger partial charge in [-0.1, -0.05) is 60.7 Å². The molecule has 2 N–H and O–H groups in total. The number of nitrogens with one attached hydrogen (secondary N) is 2. The first-order valence-electron chi connectivity index (χ1n) is 9.19. The topological polar surface area (TPSA) is 84.0 Å². The predicted octanol–water partition coefficient (Wildman–Crippen LogP) is 4.60. The Balaban J connectivity index is 1.74. The highest BCUT2D eigenvalue weighted by molar-refractivity contribution is 7.92. The standard InChI is InChI=1S/C22H20N4O2S/c1-16(17-10-4-2-5-11-17)23-21-22(25-20-15-9-8-14-19(20)24-21)26-29(27,28)18-12-6-3-7-13-18/h2-16H,1H3,(H,23,24)(H,25,26). The van der Waals surface area contributed by atoms with Gasteiger partial charge in [0.25, 0.3) is 10.0 Å². The van der Waals surface area contributed by atoms with E-state index in [0.29, 0.717) is 16.9 Å². The number of benzene rings is 3. The van der Waals surface area contributed by atoms with Crippen LogP contribution in [0, 0.1) is 0 Å². The van der Waals surface area contributed by atoms with E-state index in [9.17, 15) is 8.42 Å². The maximum Gasteiger partial charge on any atom is 0.263 e. The largest absolute Gasteiger partial charge is 0.360 e. The molecule has 29 heavy (non-hydrogen) atoms. The summed E-state index contributed by atoms with van der Waals surface area (Å²) in [6, 6.07) is 25.3. The van der Waals surface area contributed by atoms with Gasteiger partial charge >= 0.3 is 0 Å². The molecule has 6 nitrogen and oxygen atoms in total. The third-order valence-corrected chi connectivity index (χ3v) is 5.86. The molecule has 1 aromatic heterocycles. The predicted molar refractivity (Wildman–Crippen MR) is 115 cm³/mol. The number of nitrogens with zero attached hydrogens (tertiary/aromatic N) is 2. The Labute approximate surface area is 169 Å². The van der Waals surface area contributed by atoms with Crippen LogP contribution in [0.4, 0.5) is 11.6 Å². The molecule has 146 valence electrons. The minimum atomic E-state index is -3.80. The van der Waals surface area contributed by atoms with Crippen LogP contribution in [0.3, 0.4) is 0 Å². The number of anilines is 2. The molecule has 4 aromatic rings. The summed E-state index contributed by atoms with van der Waals surface area (Å²) in [4.78, 5) is 9.30. The third-order valence-electron chi connectivity index (χ3n) is 4.51. The van der Waals surface area contributed by atoms with E-state index in [1.54, 1.807) is 24.3 Å². The minimum absolute atomic E-state index is 0.0911. The van der Waals surface area contributed by atoms with E-state index in [-0.39, 0.29) is 16.8 Å². The lowest BCUT2D eigenvalue weighted by molar-refractivity contribution is 0.601. The number of sulfonamides is 1. The Bertz CT molecular complexity index is 1230. The van der Waals surface area contributed by atoms with Crippen LogP contribution in [0.25, 0.3) is 11.0 Å². The van der Waals surface area contributed by atoms with E-state index in [2.05, 4.69) is 20.0 Å². The fraction of sp³-hybridized carbons (Fsp3) is 0.0909. The van der Waals surface area contributed by atoms with Crippen LogP contribution in [-0.4, -0.2) is 18.4 Å². The van der Waals surface area contributed by atoms with Crippen LogP contribution in [0.1, 0.15) is 18.5 Å². The fourth-order valence-corrected chi connectivity index (χ4v) is 4.02. The van der Waals surface area contributed by atoms with E-state index in [1.807, 2.05) is 55.5 Å². The van der Waals surface area contributed by atoms with Crippen molar-refractivity contribution in [2.45, 2.75) is 17.9 Å². The molecule has 0 fully saturated rings. The van der Waals surface area contributed by atoms with Gasteiger partial charge in [0.2, 0.25) is 0 Å². The summed E-state index contributed by atoms with van der Waals surface area (Å²) >= 11 is 0. The summed E-state index contributed by atoms with van der Waals surface area (Å²) < 4.78 is 28.3. The van der Waals surface area contributed by atoms with Gasteiger partial charge in [-0.3, -0.25) is 4.72 Å². The molecule has 0 amide bonds. The minimum Gasteiger partial charge on any atom is -0.360 e. The Hall–Kier alpha value is -3.45. The molecular weight excluding hydrogens is 384 g/mol. The Kier molecular flexibility index (Phi) is 5.14. The van der Waals surface area contributed by atoms with Gasteiger partial charge in [0.1, 0.15) is 0 Å². The molecule has 1 heterocycles. The molecule has 0 saturated heterocycles. The molecule has 0 aliphatic heterocycles. The van der Waals surface area contributed by atoms with Gasteiger partial charge < -0.3 is 5.32 Å². The van der Waals surface area contributed by atoms with E-state index in [1.165, 1.54) is 12.1 Å². The van der Waals surface area contributed by atoms with E-state index < -0.39 is 10.0 Å². The van der Waals surface area contributed by atoms with Crippen molar-refractivity contribution in [3.8, 4) is 0 Å². The number of fused-ring (bicyclic) bond motifs is 1. The normalized spacial score (nSPS) is 12.4. The van der Waals surface area contributed by atoms with E-state index in [4.69, 9.17) is 0 Å². The van der Waals surface area contributed by atoms with Gasteiger partial charge in [0, 0.05) is 0 Å². The number of hydrogen-bond donors (Lipinski definition) is 2. The van der Waals surface area contributed by atoms with Gasteiger partial charge in [-0.2, -0.15) is 0 Å². The molecule has 0 saturated carbocycles. The van der Waals surface area contributed by atoms with Gasteiger partial charge in [-0.15, -0.1) is 0 Å².